The Balaban J connectivity index is 2.99. The summed E-state index contributed by atoms with van der Waals surface area (Å²) in [6.45, 7) is -0.699. The van der Waals surface area contributed by atoms with Crippen molar-refractivity contribution in [3.05, 3.63) is 16.9 Å². The summed E-state index contributed by atoms with van der Waals surface area (Å²) in [6, 6.07) is 0.574. The van der Waals surface area contributed by atoms with Crippen LogP contribution in [0, 0.1) is 0 Å². The molecule has 1 aromatic rings. The highest BCUT2D eigenvalue weighted by Gasteiger charge is 2.34. The van der Waals surface area contributed by atoms with Gasteiger partial charge in [-0.3, -0.25) is 4.79 Å². The number of halogens is 4. The Kier molecular flexibility index (Phi) is 2.70. The summed E-state index contributed by atoms with van der Waals surface area (Å²) < 4.78 is 36.7. The van der Waals surface area contributed by atoms with Crippen LogP contribution in [-0.4, -0.2) is 20.9 Å². The van der Waals surface area contributed by atoms with Crippen molar-refractivity contribution in [3.63, 3.8) is 0 Å². The number of hydrogen-bond donors (Lipinski definition) is 1. The first-order chi connectivity index (χ1) is 6.30. The number of carboxylic acids is 1. The van der Waals surface area contributed by atoms with E-state index in [2.05, 4.69) is 5.10 Å². The van der Waals surface area contributed by atoms with Gasteiger partial charge in [-0.15, -0.1) is 0 Å². The van der Waals surface area contributed by atoms with Crippen LogP contribution in [0.15, 0.2) is 6.07 Å². The van der Waals surface area contributed by atoms with Gasteiger partial charge in [0.05, 0.1) is 0 Å². The normalized spacial score (nSPS) is 11.7. The number of rotatable bonds is 2. The van der Waals surface area contributed by atoms with Gasteiger partial charge >= 0.3 is 12.1 Å². The Morgan fingerprint density at radius 2 is 2.21 bits per heavy atom. The van der Waals surface area contributed by atoms with E-state index in [4.69, 9.17) is 16.7 Å². The lowest BCUT2D eigenvalue weighted by atomic mass is 10.4. The van der Waals surface area contributed by atoms with E-state index >= 15 is 0 Å². The van der Waals surface area contributed by atoms with Crippen molar-refractivity contribution in [1.29, 1.82) is 0 Å². The quantitative estimate of drug-likeness (QED) is 0.837. The van der Waals surface area contributed by atoms with Crippen LogP contribution in [0.3, 0.4) is 0 Å². The average Bonchev–Trinajstić information content (AvgIpc) is 2.30. The predicted molar refractivity (Wildman–Crippen MR) is 39.9 cm³/mol. The molecule has 1 N–H and O–H groups in total. The van der Waals surface area contributed by atoms with Crippen LogP contribution >= 0.6 is 11.6 Å². The van der Waals surface area contributed by atoms with Crippen LogP contribution in [0.4, 0.5) is 13.2 Å². The fraction of sp³-hybridized carbons (Fsp3) is 0.333. The molecule has 0 atom stereocenters. The molecule has 0 aliphatic rings. The van der Waals surface area contributed by atoms with Gasteiger partial charge in [0.1, 0.15) is 11.7 Å². The van der Waals surface area contributed by atoms with E-state index in [-0.39, 0.29) is 5.15 Å². The third kappa shape index (κ3) is 2.38. The van der Waals surface area contributed by atoms with Gasteiger partial charge in [-0.2, -0.15) is 18.3 Å². The summed E-state index contributed by atoms with van der Waals surface area (Å²) in [7, 11) is 0. The first-order valence-corrected chi connectivity index (χ1v) is 3.71. The molecular weight excluding hydrogens is 225 g/mol. The van der Waals surface area contributed by atoms with Crippen molar-refractivity contribution < 1.29 is 23.1 Å². The third-order valence-corrected chi connectivity index (χ3v) is 1.61. The number of hydrogen-bond acceptors (Lipinski definition) is 2. The van der Waals surface area contributed by atoms with Crippen LogP contribution in [0.2, 0.25) is 5.15 Å². The molecule has 0 aliphatic heterocycles. The van der Waals surface area contributed by atoms with Crippen LogP contribution in [-0.2, 0) is 17.5 Å². The Morgan fingerprint density at radius 3 is 2.57 bits per heavy atom. The lowest BCUT2D eigenvalue weighted by Crippen LogP contribution is -2.12. The van der Waals surface area contributed by atoms with Gasteiger partial charge in [0.25, 0.3) is 0 Å². The van der Waals surface area contributed by atoms with Gasteiger partial charge in [-0.05, 0) is 0 Å². The molecule has 0 aliphatic carbocycles. The van der Waals surface area contributed by atoms with Gasteiger partial charge < -0.3 is 5.11 Å². The first kappa shape index (κ1) is 10.8. The van der Waals surface area contributed by atoms with Crippen LogP contribution in [0.5, 0.6) is 0 Å². The molecule has 8 heteroatoms. The van der Waals surface area contributed by atoms with E-state index in [1.807, 2.05) is 0 Å². The molecule has 1 aromatic heterocycles. The molecule has 0 unspecified atom stereocenters. The van der Waals surface area contributed by atoms with E-state index < -0.39 is 24.4 Å². The number of aliphatic carboxylic acids is 1. The molecule has 0 aromatic carbocycles. The van der Waals surface area contributed by atoms with E-state index in [0.717, 1.165) is 0 Å². The molecule has 0 radical (unpaired) electrons. The van der Waals surface area contributed by atoms with Crippen molar-refractivity contribution in [2.45, 2.75) is 12.7 Å². The molecular formula is C6H4ClF3N2O2. The van der Waals surface area contributed by atoms with E-state index in [0.29, 0.717) is 10.7 Å². The maximum absolute atomic E-state index is 12.0. The molecule has 0 saturated carbocycles. The fourth-order valence-corrected chi connectivity index (χ4v) is 0.972. The molecule has 78 valence electrons. The number of carboxylic acid groups (broad SMARTS) is 1. The summed E-state index contributed by atoms with van der Waals surface area (Å²) in [5, 5.41) is 10.9. The number of aromatic nitrogens is 2. The summed E-state index contributed by atoms with van der Waals surface area (Å²) in [5.74, 6) is -1.32. The molecule has 0 fully saturated rings. The van der Waals surface area contributed by atoms with Gasteiger partial charge in [-0.1, -0.05) is 11.6 Å². The monoisotopic (exact) mass is 228 g/mol. The first-order valence-electron chi connectivity index (χ1n) is 3.33. The van der Waals surface area contributed by atoms with E-state index in [1.165, 1.54) is 0 Å². The Hall–Kier alpha value is -1.24. The second kappa shape index (κ2) is 3.49. The predicted octanol–water partition coefficient (Wildman–Crippen LogP) is 1.64. The Labute approximate surface area is 80.9 Å². The van der Waals surface area contributed by atoms with Crippen LogP contribution < -0.4 is 0 Å². The van der Waals surface area contributed by atoms with Gasteiger partial charge in [0, 0.05) is 6.07 Å². The SMILES string of the molecule is O=C(O)Cn1nc(C(F)(F)F)cc1Cl. The smallest absolute Gasteiger partial charge is 0.435 e. The summed E-state index contributed by atoms with van der Waals surface area (Å²) >= 11 is 5.33. The van der Waals surface area contributed by atoms with Gasteiger partial charge in [0.2, 0.25) is 0 Å². The largest absolute Gasteiger partial charge is 0.480 e. The average molecular weight is 229 g/mol. The molecule has 0 spiro atoms. The Bertz CT molecular complexity index is 360. The lowest BCUT2D eigenvalue weighted by molar-refractivity contribution is -0.143. The van der Waals surface area contributed by atoms with Gasteiger partial charge in [0.15, 0.2) is 5.69 Å². The van der Waals surface area contributed by atoms with Crippen LogP contribution in [0.1, 0.15) is 5.69 Å². The van der Waals surface area contributed by atoms with Crippen molar-refractivity contribution in [2.75, 3.05) is 0 Å². The minimum absolute atomic E-state index is 0.361. The highest BCUT2D eigenvalue weighted by atomic mass is 35.5. The second-order valence-corrected chi connectivity index (χ2v) is 2.79. The molecule has 4 nitrogen and oxygen atoms in total. The van der Waals surface area contributed by atoms with E-state index in [9.17, 15) is 18.0 Å². The summed E-state index contributed by atoms with van der Waals surface area (Å²) in [5.41, 5.74) is -1.20. The fourth-order valence-electron chi connectivity index (χ4n) is 0.772. The van der Waals surface area contributed by atoms with Crippen molar-refractivity contribution in [2.24, 2.45) is 0 Å². The standard InChI is InChI=1S/C6H4ClF3N2O2/c7-4-1-3(6(8,9)10)11-12(4)2-5(13)14/h1H,2H2,(H,13,14). The summed E-state index contributed by atoms with van der Waals surface area (Å²) in [4.78, 5) is 10.2. The number of alkyl halides is 3. The van der Waals surface area contributed by atoms with Crippen molar-refractivity contribution in [1.82, 2.24) is 9.78 Å². The minimum atomic E-state index is -4.62. The van der Waals surface area contributed by atoms with Crippen molar-refractivity contribution in [3.8, 4) is 0 Å². The Morgan fingerprint density at radius 1 is 1.64 bits per heavy atom. The maximum atomic E-state index is 12.0. The highest BCUT2D eigenvalue weighted by molar-refractivity contribution is 6.29. The lowest BCUT2D eigenvalue weighted by Gasteiger charge is -2.00. The molecule has 1 rings (SSSR count). The van der Waals surface area contributed by atoms with E-state index in [1.54, 1.807) is 0 Å². The van der Waals surface area contributed by atoms with Crippen molar-refractivity contribution >= 4 is 17.6 Å². The number of carbonyl (C=O) groups is 1. The molecule has 0 saturated heterocycles. The molecule has 14 heavy (non-hydrogen) atoms. The van der Waals surface area contributed by atoms with Gasteiger partial charge in [-0.25, -0.2) is 4.68 Å². The third-order valence-electron chi connectivity index (χ3n) is 1.31. The minimum Gasteiger partial charge on any atom is -0.480 e. The highest BCUT2D eigenvalue weighted by Crippen LogP contribution is 2.29. The zero-order chi connectivity index (χ0) is 10.9. The maximum Gasteiger partial charge on any atom is 0.435 e. The molecule has 0 bridgehead atoms. The molecule has 0 amide bonds. The second-order valence-electron chi connectivity index (χ2n) is 2.40. The zero-order valence-electron chi connectivity index (χ0n) is 6.55. The summed E-state index contributed by atoms with van der Waals surface area (Å²) in [6.07, 6.45) is -4.62. The topological polar surface area (TPSA) is 55.1 Å². The number of nitrogens with zero attached hydrogens (tertiary/aromatic N) is 2. The van der Waals surface area contributed by atoms with Crippen LogP contribution in [0.25, 0.3) is 0 Å². The zero-order valence-corrected chi connectivity index (χ0v) is 7.30. The molecule has 1 heterocycles.